The van der Waals surface area contributed by atoms with Crippen LogP contribution >= 0.6 is 0 Å². The number of carboxylic acids is 1. The number of aliphatic carboxylic acids is 1. The molecule has 3 heteroatoms. The maximum absolute atomic E-state index is 13.2. The number of carbonyl (C=O) groups is 1. The highest BCUT2D eigenvalue weighted by Crippen LogP contribution is 2.28. The van der Waals surface area contributed by atoms with Gasteiger partial charge in [-0.3, -0.25) is 4.79 Å². The molecular formula is C15H13FO2. The van der Waals surface area contributed by atoms with Gasteiger partial charge in [0, 0.05) is 5.92 Å². The van der Waals surface area contributed by atoms with Gasteiger partial charge in [-0.05, 0) is 23.3 Å². The summed E-state index contributed by atoms with van der Waals surface area (Å²) in [6, 6.07) is 15.4. The van der Waals surface area contributed by atoms with Gasteiger partial charge in [-0.25, -0.2) is 4.39 Å². The third-order valence-electron chi connectivity index (χ3n) is 2.83. The number of rotatable bonds is 4. The molecule has 2 aromatic rings. The molecule has 0 aromatic heterocycles. The summed E-state index contributed by atoms with van der Waals surface area (Å²) in [5, 5.41) is 8.98. The first-order chi connectivity index (χ1) is 8.66. The van der Waals surface area contributed by atoms with Crippen molar-refractivity contribution in [1.29, 1.82) is 0 Å². The molecule has 0 radical (unpaired) electrons. The van der Waals surface area contributed by atoms with E-state index in [-0.39, 0.29) is 18.2 Å². The van der Waals surface area contributed by atoms with Crippen molar-refractivity contribution in [3.05, 3.63) is 71.5 Å². The molecule has 0 amide bonds. The Kier molecular flexibility index (Phi) is 3.72. The van der Waals surface area contributed by atoms with E-state index < -0.39 is 5.97 Å². The first-order valence-electron chi connectivity index (χ1n) is 5.69. The predicted molar refractivity (Wildman–Crippen MR) is 66.9 cm³/mol. The Bertz CT molecular complexity index is 537. The van der Waals surface area contributed by atoms with Crippen LogP contribution in [0.15, 0.2) is 54.6 Å². The van der Waals surface area contributed by atoms with Gasteiger partial charge in [-0.1, -0.05) is 42.5 Å². The first kappa shape index (κ1) is 12.3. The van der Waals surface area contributed by atoms with Crippen molar-refractivity contribution in [2.24, 2.45) is 0 Å². The molecule has 0 bridgehead atoms. The third kappa shape index (κ3) is 2.94. The van der Waals surface area contributed by atoms with E-state index >= 15 is 0 Å². The Morgan fingerprint density at radius 3 is 2.33 bits per heavy atom. The van der Waals surface area contributed by atoms with Crippen LogP contribution in [0.1, 0.15) is 23.5 Å². The lowest BCUT2D eigenvalue weighted by Gasteiger charge is -2.15. The van der Waals surface area contributed by atoms with Crippen molar-refractivity contribution in [3.63, 3.8) is 0 Å². The maximum atomic E-state index is 13.2. The zero-order valence-electron chi connectivity index (χ0n) is 9.71. The number of benzene rings is 2. The monoisotopic (exact) mass is 244 g/mol. The van der Waals surface area contributed by atoms with Gasteiger partial charge in [0.25, 0.3) is 0 Å². The fraction of sp³-hybridized carbons (Fsp3) is 0.133. The zero-order valence-corrected chi connectivity index (χ0v) is 9.71. The molecule has 0 aliphatic heterocycles. The van der Waals surface area contributed by atoms with Gasteiger partial charge >= 0.3 is 5.97 Å². The topological polar surface area (TPSA) is 37.3 Å². The SMILES string of the molecule is O=C(O)CC(c1ccccc1)c1cccc(F)c1. The molecule has 2 rings (SSSR count). The van der Waals surface area contributed by atoms with Crippen molar-refractivity contribution in [1.82, 2.24) is 0 Å². The van der Waals surface area contributed by atoms with Crippen molar-refractivity contribution >= 4 is 5.97 Å². The van der Waals surface area contributed by atoms with Crippen molar-refractivity contribution < 1.29 is 14.3 Å². The van der Waals surface area contributed by atoms with Crippen LogP contribution in [0, 0.1) is 5.82 Å². The van der Waals surface area contributed by atoms with Crippen molar-refractivity contribution in [3.8, 4) is 0 Å². The zero-order chi connectivity index (χ0) is 13.0. The van der Waals surface area contributed by atoms with E-state index in [4.69, 9.17) is 5.11 Å². The number of hydrogen-bond donors (Lipinski definition) is 1. The number of hydrogen-bond acceptors (Lipinski definition) is 1. The summed E-state index contributed by atoms with van der Waals surface area (Å²) in [6.07, 6.45) is -0.0481. The van der Waals surface area contributed by atoms with Crippen molar-refractivity contribution in [2.75, 3.05) is 0 Å². The highest BCUT2D eigenvalue weighted by Gasteiger charge is 2.17. The molecule has 18 heavy (non-hydrogen) atoms. The van der Waals surface area contributed by atoms with Gasteiger partial charge in [0.05, 0.1) is 6.42 Å². The van der Waals surface area contributed by atoms with Crippen LogP contribution in [0.2, 0.25) is 0 Å². The van der Waals surface area contributed by atoms with Crippen molar-refractivity contribution in [2.45, 2.75) is 12.3 Å². The first-order valence-corrected chi connectivity index (χ1v) is 5.69. The Balaban J connectivity index is 2.40. The summed E-state index contributed by atoms with van der Waals surface area (Å²) in [5.41, 5.74) is 1.56. The van der Waals surface area contributed by atoms with Crippen LogP contribution in [0.5, 0.6) is 0 Å². The summed E-state index contributed by atoms with van der Waals surface area (Å²) >= 11 is 0. The quantitative estimate of drug-likeness (QED) is 0.894. The molecule has 0 aliphatic carbocycles. The molecule has 2 nitrogen and oxygen atoms in total. The van der Waals surface area contributed by atoms with Gasteiger partial charge in [-0.15, -0.1) is 0 Å². The van der Waals surface area contributed by atoms with Gasteiger partial charge in [0.15, 0.2) is 0 Å². The molecule has 2 aromatic carbocycles. The van der Waals surface area contributed by atoms with E-state index in [2.05, 4.69) is 0 Å². The van der Waals surface area contributed by atoms with Crippen LogP contribution < -0.4 is 0 Å². The van der Waals surface area contributed by atoms with Gasteiger partial charge in [0.2, 0.25) is 0 Å². The highest BCUT2D eigenvalue weighted by molar-refractivity contribution is 5.69. The van der Waals surface area contributed by atoms with Gasteiger partial charge < -0.3 is 5.11 Å². The largest absolute Gasteiger partial charge is 0.481 e. The molecule has 92 valence electrons. The number of halogens is 1. The predicted octanol–water partition coefficient (Wildman–Crippen LogP) is 3.43. The minimum absolute atomic E-state index is 0.0481. The molecule has 1 atom stereocenters. The van der Waals surface area contributed by atoms with Crippen LogP contribution in [0.4, 0.5) is 4.39 Å². The smallest absolute Gasteiger partial charge is 0.304 e. The van der Waals surface area contributed by atoms with E-state index in [1.807, 2.05) is 30.3 Å². The standard InChI is InChI=1S/C15H13FO2/c16-13-8-4-7-12(9-13)14(10-15(17)18)11-5-2-1-3-6-11/h1-9,14H,10H2,(H,17,18). The fourth-order valence-electron chi connectivity index (χ4n) is 2.01. The summed E-state index contributed by atoms with van der Waals surface area (Å²) in [4.78, 5) is 10.9. The summed E-state index contributed by atoms with van der Waals surface area (Å²) in [7, 11) is 0. The highest BCUT2D eigenvalue weighted by atomic mass is 19.1. The molecule has 0 saturated carbocycles. The summed E-state index contributed by atoms with van der Waals surface area (Å²) in [6.45, 7) is 0. The number of carboxylic acid groups (broad SMARTS) is 1. The Morgan fingerprint density at radius 2 is 1.72 bits per heavy atom. The minimum Gasteiger partial charge on any atom is -0.481 e. The second-order valence-corrected chi connectivity index (χ2v) is 4.12. The second kappa shape index (κ2) is 5.45. The van der Waals surface area contributed by atoms with E-state index in [1.54, 1.807) is 12.1 Å². The van der Waals surface area contributed by atoms with E-state index in [0.717, 1.165) is 5.56 Å². The molecular weight excluding hydrogens is 231 g/mol. The second-order valence-electron chi connectivity index (χ2n) is 4.12. The summed E-state index contributed by atoms with van der Waals surface area (Å²) in [5.74, 6) is -1.56. The van der Waals surface area contributed by atoms with Crippen LogP contribution in [0.25, 0.3) is 0 Å². The normalized spacial score (nSPS) is 12.1. The third-order valence-corrected chi connectivity index (χ3v) is 2.83. The molecule has 0 spiro atoms. The molecule has 0 saturated heterocycles. The van der Waals surface area contributed by atoms with E-state index in [0.29, 0.717) is 5.56 Å². The fourth-order valence-corrected chi connectivity index (χ4v) is 2.01. The van der Waals surface area contributed by atoms with Crippen LogP contribution in [-0.2, 0) is 4.79 Å². The summed E-state index contributed by atoms with van der Waals surface area (Å²) < 4.78 is 13.2. The lowest BCUT2D eigenvalue weighted by molar-refractivity contribution is -0.137. The Morgan fingerprint density at radius 1 is 1.06 bits per heavy atom. The van der Waals surface area contributed by atoms with Gasteiger partial charge in [-0.2, -0.15) is 0 Å². The van der Waals surface area contributed by atoms with E-state index in [9.17, 15) is 9.18 Å². The average Bonchev–Trinajstić information content (AvgIpc) is 2.37. The van der Waals surface area contributed by atoms with Crippen LogP contribution in [0.3, 0.4) is 0 Å². The van der Waals surface area contributed by atoms with Gasteiger partial charge in [0.1, 0.15) is 5.82 Å². The lowest BCUT2D eigenvalue weighted by atomic mass is 9.88. The molecule has 0 fully saturated rings. The van der Waals surface area contributed by atoms with E-state index in [1.165, 1.54) is 12.1 Å². The minimum atomic E-state index is -0.895. The Labute approximate surface area is 105 Å². The van der Waals surface area contributed by atoms with Crippen LogP contribution in [-0.4, -0.2) is 11.1 Å². The average molecular weight is 244 g/mol. The molecule has 0 heterocycles. The molecule has 1 N–H and O–H groups in total. The lowest BCUT2D eigenvalue weighted by Crippen LogP contribution is -2.08. The Hall–Kier alpha value is -2.16. The molecule has 0 aliphatic rings. The molecule has 1 unspecified atom stereocenters. The maximum Gasteiger partial charge on any atom is 0.304 e.